The summed E-state index contributed by atoms with van der Waals surface area (Å²) in [7, 11) is 3.18. The Morgan fingerprint density at radius 1 is 1.05 bits per heavy atom. The first-order valence-corrected chi connectivity index (χ1v) is 13.4. The zero-order chi connectivity index (χ0) is 26.6. The fraction of sp³-hybridized carbons (Fsp3) is 0.407. The van der Waals surface area contributed by atoms with Crippen LogP contribution in [0.4, 0.5) is 10.8 Å². The summed E-state index contributed by atoms with van der Waals surface area (Å²) in [5.41, 5.74) is 1.41. The third kappa shape index (κ3) is 5.22. The molecule has 3 heterocycles. The highest BCUT2D eigenvalue weighted by Crippen LogP contribution is 2.40. The Bertz CT molecular complexity index is 1300. The van der Waals surface area contributed by atoms with E-state index in [-0.39, 0.29) is 30.6 Å². The lowest BCUT2D eigenvalue weighted by Crippen LogP contribution is -2.39. The lowest BCUT2D eigenvalue weighted by Gasteiger charge is -2.28. The topological polar surface area (TPSA) is 102 Å². The first-order valence-electron chi connectivity index (χ1n) is 12.6. The van der Waals surface area contributed by atoms with Gasteiger partial charge in [-0.25, -0.2) is 4.98 Å². The number of hydrogen-bond acceptors (Lipinski definition) is 9. The Kier molecular flexibility index (Phi) is 7.87. The normalized spacial score (nSPS) is 16.3. The maximum absolute atomic E-state index is 14.0. The van der Waals surface area contributed by atoms with Crippen molar-refractivity contribution in [3.8, 4) is 11.5 Å². The average Bonchev–Trinajstić information content (AvgIpc) is 3.54. The minimum Gasteiger partial charge on any atom is -0.495 e. The number of carbonyl (C=O) groups excluding carboxylic acids is 3. The van der Waals surface area contributed by atoms with Gasteiger partial charge in [0, 0.05) is 44.6 Å². The molecule has 1 aromatic heterocycles. The molecular weight excluding hydrogens is 508 g/mol. The van der Waals surface area contributed by atoms with Crippen LogP contribution in [0.5, 0.6) is 11.5 Å². The van der Waals surface area contributed by atoms with Crippen molar-refractivity contribution in [1.82, 2.24) is 9.88 Å². The van der Waals surface area contributed by atoms with Crippen LogP contribution in [0.15, 0.2) is 36.4 Å². The summed E-state index contributed by atoms with van der Waals surface area (Å²) in [5, 5.41) is 0.522. The zero-order valence-electron chi connectivity index (χ0n) is 21.5. The molecule has 0 radical (unpaired) electrons. The molecule has 2 saturated heterocycles. The number of anilines is 2. The number of nitrogens with zero attached hydrogens (tertiary/aromatic N) is 4. The van der Waals surface area contributed by atoms with Crippen molar-refractivity contribution < 1.29 is 28.6 Å². The van der Waals surface area contributed by atoms with Gasteiger partial charge in [-0.1, -0.05) is 17.4 Å². The second-order valence-corrected chi connectivity index (χ2v) is 10.1. The van der Waals surface area contributed by atoms with E-state index in [1.54, 1.807) is 49.5 Å². The van der Waals surface area contributed by atoms with E-state index in [0.29, 0.717) is 53.2 Å². The number of fused-ring (bicyclic) bond motifs is 1. The first kappa shape index (κ1) is 26.1. The maximum atomic E-state index is 14.0. The molecule has 0 spiro atoms. The SMILES string of the molecule is COc1ccc(OC)c2sc(N(CCCN3CCOCC3)C(=O)c3cccc(N4C(=O)CCC4=O)c3)nc12. The van der Waals surface area contributed by atoms with Gasteiger partial charge >= 0.3 is 0 Å². The van der Waals surface area contributed by atoms with Gasteiger partial charge in [0.1, 0.15) is 21.7 Å². The molecule has 2 aromatic carbocycles. The predicted molar refractivity (Wildman–Crippen MR) is 144 cm³/mol. The van der Waals surface area contributed by atoms with E-state index in [0.717, 1.165) is 35.7 Å². The molecule has 0 N–H and O–H groups in total. The number of thiazole rings is 1. The second-order valence-electron chi connectivity index (χ2n) is 9.08. The highest BCUT2D eigenvalue weighted by atomic mass is 32.1. The van der Waals surface area contributed by atoms with Crippen molar-refractivity contribution >= 4 is 50.1 Å². The number of imide groups is 1. The van der Waals surface area contributed by atoms with E-state index >= 15 is 0 Å². The monoisotopic (exact) mass is 538 g/mol. The van der Waals surface area contributed by atoms with Gasteiger partial charge in [0.2, 0.25) is 11.8 Å². The molecule has 3 aromatic rings. The highest BCUT2D eigenvalue weighted by Gasteiger charge is 2.31. The number of aromatic nitrogens is 1. The van der Waals surface area contributed by atoms with E-state index in [1.807, 2.05) is 6.07 Å². The van der Waals surface area contributed by atoms with Crippen molar-refractivity contribution in [3.63, 3.8) is 0 Å². The zero-order valence-corrected chi connectivity index (χ0v) is 22.3. The van der Waals surface area contributed by atoms with Crippen molar-refractivity contribution in [3.05, 3.63) is 42.0 Å². The minimum absolute atomic E-state index is 0.181. The number of ether oxygens (including phenoxy) is 3. The predicted octanol–water partition coefficient (Wildman–Crippen LogP) is 3.34. The van der Waals surface area contributed by atoms with Crippen LogP contribution < -0.4 is 19.3 Å². The van der Waals surface area contributed by atoms with Gasteiger partial charge in [-0.3, -0.25) is 29.1 Å². The van der Waals surface area contributed by atoms with Gasteiger partial charge in [-0.15, -0.1) is 0 Å². The third-order valence-corrected chi connectivity index (χ3v) is 7.83. The lowest BCUT2D eigenvalue weighted by atomic mass is 10.1. The molecule has 2 aliphatic rings. The van der Waals surface area contributed by atoms with Gasteiger partial charge in [-0.05, 0) is 36.8 Å². The summed E-state index contributed by atoms with van der Waals surface area (Å²) < 4.78 is 17.3. The number of benzene rings is 2. The van der Waals surface area contributed by atoms with Crippen molar-refractivity contribution in [2.45, 2.75) is 19.3 Å². The van der Waals surface area contributed by atoms with E-state index in [4.69, 9.17) is 19.2 Å². The first-order chi connectivity index (χ1) is 18.5. The highest BCUT2D eigenvalue weighted by molar-refractivity contribution is 7.22. The van der Waals surface area contributed by atoms with E-state index in [1.165, 1.54) is 11.3 Å². The number of amides is 3. The Balaban J connectivity index is 1.48. The van der Waals surface area contributed by atoms with Gasteiger partial charge in [0.15, 0.2) is 5.13 Å². The van der Waals surface area contributed by atoms with Crippen LogP contribution in [0.1, 0.15) is 29.6 Å². The van der Waals surface area contributed by atoms with Crippen LogP contribution in [0, 0.1) is 0 Å². The molecule has 0 unspecified atom stereocenters. The lowest BCUT2D eigenvalue weighted by molar-refractivity contribution is -0.121. The Labute approximate surface area is 224 Å². The van der Waals surface area contributed by atoms with Crippen LogP contribution >= 0.6 is 11.3 Å². The van der Waals surface area contributed by atoms with Gasteiger partial charge in [-0.2, -0.15) is 0 Å². The fourth-order valence-electron chi connectivity index (χ4n) is 4.75. The molecule has 0 atom stereocenters. The van der Waals surface area contributed by atoms with Crippen LogP contribution in [0.25, 0.3) is 10.2 Å². The van der Waals surface area contributed by atoms with Gasteiger partial charge in [0.05, 0.1) is 33.1 Å². The van der Waals surface area contributed by atoms with Crippen LogP contribution in [-0.2, 0) is 14.3 Å². The fourth-order valence-corrected chi connectivity index (χ4v) is 5.85. The summed E-state index contributed by atoms with van der Waals surface area (Å²) >= 11 is 1.36. The molecule has 0 saturated carbocycles. The molecular formula is C27H30N4O6S. The number of hydrogen-bond donors (Lipinski definition) is 0. The molecule has 5 rings (SSSR count). The van der Waals surface area contributed by atoms with Crippen LogP contribution in [-0.4, -0.2) is 81.2 Å². The molecule has 10 nitrogen and oxygen atoms in total. The molecule has 2 aliphatic heterocycles. The molecule has 0 aliphatic carbocycles. The maximum Gasteiger partial charge on any atom is 0.260 e. The smallest absolute Gasteiger partial charge is 0.260 e. The molecule has 200 valence electrons. The Morgan fingerprint density at radius 2 is 1.76 bits per heavy atom. The van der Waals surface area contributed by atoms with Crippen molar-refractivity contribution in [2.24, 2.45) is 0 Å². The Hall–Kier alpha value is -3.54. The number of rotatable bonds is 9. The van der Waals surface area contributed by atoms with E-state index in [9.17, 15) is 14.4 Å². The quantitative estimate of drug-likeness (QED) is 0.383. The van der Waals surface area contributed by atoms with Crippen LogP contribution in [0.2, 0.25) is 0 Å². The molecule has 3 amide bonds. The molecule has 11 heteroatoms. The minimum atomic E-state index is -0.259. The van der Waals surface area contributed by atoms with E-state index in [2.05, 4.69) is 4.90 Å². The summed E-state index contributed by atoms with van der Waals surface area (Å²) in [6, 6.07) is 10.3. The van der Waals surface area contributed by atoms with Crippen LogP contribution in [0.3, 0.4) is 0 Å². The van der Waals surface area contributed by atoms with E-state index < -0.39 is 0 Å². The number of methoxy groups -OCH3 is 2. The Morgan fingerprint density at radius 3 is 2.47 bits per heavy atom. The van der Waals surface area contributed by atoms with Crippen molar-refractivity contribution in [1.29, 1.82) is 0 Å². The second kappa shape index (κ2) is 11.5. The third-order valence-electron chi connectivity index (χ3n) is 6.74. The average molecular weight is 539 g/mol. The van der Waals surface area contributed by atoms with Gasteiger partial charge in [0.25, 0.3) is 5.91 Å². The summed E-state index contributed by atoms with van der Waals surface area (Å²) in [5.74, 6) is 0.472. The molecule has 2 fully saturated rings. The molecule has 0 bridgehead atoms. The number of carbonyl (C=O) groups is 3. The summed E-state index contributed by atoms with van der Waals surface area (Å²) in [6.45, 7) is 4.41. The standard InChI is InChI=1S/C27H30N4O6S/c1-35-20-7-8-21(36-2)25-24(20)28-27(38-25)30(12-4-11-29-13-15-37-16-14-29)26(34)18-5-3-6-19(17-18)31-22(32)9-10-23(31)33/h3,5-8,17H,4,9-16H2,1-2H3. The molecule has 38 heavy (non-hydrogen) atoms. The summed E-state index contributed by atoms with van der Waals surface area (Å²) in [6.07, 6.45) is 1.10. The van der Waals surface area contributed by atoms with Crippen molar-refractivity contribution in [2.75, 3.05) is 63.4 Å². The van der Waals surface area contributed by atoms with Gasteiger partial charge < -0.3 is 14.2 Å². The largest absolute Gasteiger partial charge is 0.495 e. The number of morpholine rings is 1. The summed E-state index contributed by atoms with van der Waals surface area (Å²) in [4.78, 5) is 48.5.